The number of carbonyl (C=O) groups is 2. The van der Waals surface area contributed by atoms with Gasteiger partial charge in [-0.25, -0.2) is 0 Å². The minimum Gasteiger partial charge on any atom is -0.368 e. The smallest absolute Gasteiger partial charge is 0.305 e. The third kappa shape index (κ3) is 3.93. The van der Waals surface area contributed by atoms with Gasteiger partial charge in [-0.2, -0.15) is 4.39 Å². The molecule has 0 saturated heterocycles. The summed E-state index contributed by atoms with van der Waals surface area (Å²) in [4.78, 5) is 38.7. The van der Waals surface area contributed by atoms with Crippen molar-refractivity contribution in [2.45, 2.75) is 12.5 Å². The van der Waals surface area contributed by atoms with E-state index in [9.17, 15) is 24.1 Å². The Morgan fingerprint density at radius 3 is 2.68 bits per heavy atom. The first-order valence-corrected chi connectivity index (χ1v) is 8.23. The van der Waals surface area contributed by atoms with Crippen molar-refractivity contribution < 1.29 is 18.9 Å². The third-order valence-electron chi connectivity index (χ3n) is 4.19. The monoisotopic (exact) mass is 382 g/mol. The second-order valence-corrected chi connectivity index (χ2v) is 6.05. The molecule has 0 aliphatic heterocycles. The summed E-state index contributed by atoms with van der Waals surface area (Å²) in [5.74, 6) is -2.35. The predicted molar refractivity (Wildman–Crippen MR) is 99.0 cm³/mol. The number of fused-ring (bicyclic) bond motifs is 1. The molecule has 9 heteroatoms. The van der Waals surface area contributed by atoms with Gasteiger partial charge in [0.05, 0.1) is 16.0 Å². The van der Waals surface area contributed by atoms with E-state index in [1.807, 2.05) is 0 Å². The number of primary amides is 1. The largest absolute Gasteiger partial charge is 0.368 e. The number of nitrogens with two attached hydrogens (primary N) is 1. The first-order valence-electron chi connectivity index (χ1n) is 8.23. The summed E-state index contributed by atoms with van der Waals surface area (Å²) in [6.07, 6.45) is 1.35. The molecule has 3 rings (SSSR count). The van der Waals surface area contributed by atoms with Crippen LogP contribution in [0.3, 0.4) is 0 Å². The quantitative estimate of drug-likeness (QED) is 0.498. The van der Waals surface area contributed by atoms with Gasteiger partial charge in [0.15, 0.2) is 0 Å². The Morgan fingerprint density at radius 2 is 1.96 bits per heavy atom. The molecule has 1 atom stereocenters. The molecule has 8 nitrogen and oxygen atoms in total. The van der Waals surface area contributed by atoms with Crippen LogP contribution in [0.25, 0.3) is 10.9 Å². The highest BCUT2D eigenvalue weighted by Crippen LogP contribution is 2.20. The molecule has 2 amide bonds. The first-order chi connectivity index (χ1) is 13.4. The Bertz CT molecular complexity index is 1080. The van der Waals surface area contributed by atoms with Crippen molar-refractivity contribution in [3.05, 3.63) is 81.8 Å². The molecule has 1 aromatic heterocycles. The fourth-order valence-electron chi connectivity index (χ4n) is 2.81. The lowest BCUT2D eigenvalue weighted by atomic mass is 10.0. The van der Waals surface area contributed by atoms with Gasteiger partial charge in [-0.15, -0.1) is 0 Å². The van der Waals surface area contributed by atoms with E-state index in [-0.39, 0.29) is 12.0 Å². The van der Waals surface area contributed by atoms with E-state index in [1.165, 1.54) is 18.3 Å². The molecular formula is C19H15FN4O4. The van der Waals surface area contributed by atoms with Crippen molar-refractivity contribution in [2.24, 2.45) is 5.73 Å². The van der Waals surface area contributed by atoms with Crippen molar-refractivity contribution in [3.8, 4) is 0 Å². The maximum Gasteiger partial charge on any atom is 0.305 e. The number of hydrogen-bond donors (Lipinski definition) is 2. The number of nitrogens with one attached hydrogen (secondary N) is 1. The maximum atomic E-state index is 13.5. The van der Waals surface area contributed by atoms with Gasteiger partial charge in [-0.1, -0.05) is 24.3 Å². The third-order valence-corrected chi connectivity index (χ3v) is 4.19. The lowest BCUT2D eigenvalue weighted by Crippen LogP contribution is -2.45. The number of rotatable bonds is 6. The second-order valence-electron chi connectivity index (χ2n) is 6.05. The average molecular weight is 382 g/mol. The highest BCUT2D eigenvalue weighted by Gasteiger charge is 2.22. The Labute approximate surface area is 158 Å². The standard InChI is InChI=1S/C19H15FN4O4/c20-14-6-5-11(10-17(14)24(27)28)9-16(18(21)25)23-19(26)13-7-8-22-15-4-2-1-3-12(13)15/h1-8,10,16H,9H2,(H2,21,25)(H,23,26)/t16-/m1/s1. The fourth-order valence-corrected chi connectivity index (χ4v) is 2.81. The molecule has 2 aromatic carbocycles. The Hall–Kier alpha value is -3.88. The summed E-state index contributed by atoms with van der Waals surface area (Å²) in [7, 11) is 0. The first kappa shape index (κ1) is 18.9. The van der Waals surface area contributed by atoms with Crippen LogP contribution >= 0.6 is 0 Å². The predicted octanol–water partition coefficient (Wildman–Crippen LogP) is 2.11. The number of hydrogen-bond acceptors (Lipinski definition) is 5. The number of benzene rings is 2. The van der Waals surface area contributed by atoms with E-state index in [1.54, 1.807) is 24.3 Å². The summed E-state index contributed by atoms with van der Waals surface area (Å²) >= 11 is 0. The number of nitro groups is 1. The van der Waals surface area contributed by atoms with Crippen LogP contribution < -0.4 is 11.1 Å². The van der Waals surface area contributed by atoms with Crippen LogP contribution in [0.2, 0.25) is 0 Å². The van der Waals surface area contributed by atoms with Crippen LogP contribution in [0.15, 0.2) is 54.7 Å². The van der Waals surface area contributed by atoms with E-state index in [2.05, 4.69) is 10.3 Å². The van der Waals surface area contributed by atoms with Gasteiger partial charge in [0.2, 0.25) is 11.7 Å². The Kier molecular flexibility index (Phi) is 5.25. The zero-order chi connectivity index (χ0) is 20.3. The van der Waals surface area contributed by atoms with Crippen LogP contribution in [0.4, 0.5) is 10.1 Å². The molecule has 0 unspecified atom stereocenters. The number of nitrogens with zero attached hydrogens (tertiary/aromatic N) is 2. The number of para-hydroxylation sites is 1. The average Bonchev–Trinajstić information content (AvgIpc) is 2.68. The van der Waals surface area contributed by atoms with Crippen molar-refractivity contribution in [2.75, 3.05) is 0 Å². The van der Waals surface area contributed by atoms with Crippen molar-refractivity contribution in [1.82, 2.24) is 10.3 Å². The summed E-state index contributed by atoms with van der Waals surface area (Å²) in [6.45, 7) is 0. The second kappa shape index (κ2) is 7.78. The fraction of sp³-hybridized carbons (Fsp3) is 0.105. The minimum atomic E-state index is -1.13. The molecule has 0 aliphatic carbocycles. The van der Waals surface area contributed by atoms with E-state index >= 15 is 0 Å². The van der Waals surface area contributed by atoms with Crippen molar-refractivity contribution in [1.29, 1.82) is 0 Å². The lowest BCUT2D eigenvalue weighted by molar-refractivity contribution is -0.387. The number of halogens is 1. The number of carbonyl (C=O) groups excluding carboxylic acids is 2. The molecule has 3 N–H and O–H groups in total. The van der Waals surface area contributed by atoms with Gasteiger partial charge in [0, 0.05) is 24.1 Å². The summed E-state index contributed by atoms with van der Waals surface area (Å²) in [5, 5.41) is 14.0. The summed E-state index contributed by atoms with van der Waals surface area (Å²) in [5.41, 5.74) is 5.87. The van der Waals surface area contributed by atoms with Crippen molar-refractivity contribution >= 4 is 28.4 Å². The molecule has 0 radical (unpaired) electrons. The lowest BCUT2D eigenvalue weighted by Gasteiger charge is -2.16. The number of pyridine rings is 1. The molecule has 0 bridgehead atoms. The minimum absolute atomic E-state index is 0.120. The van der Waals surface area contributed by atoms with Crippen LogP contribution in [0.5, 0.6) is 0 Å². The van der Waals surface area contributed by atoms with Crippen LogP contribution in [0.1, 0.15) is 15.9 Å². The number of nitro benzene ring substituents is 1. The van der Waals surface area contributed by atoms with Crippen LogP contribution in [0, 0.1) is 15.9 Å². The SMILES string of the molecule is NC(=O)[C@@H](Cc1ccc(F)c([N+](=O)[O-])c1)NC(=O)c1ccnc2ccccc12. The Balaban J connectivity index is 1.85. The highest BCUT2D eigenvalue weighted by molar-refractivity contribution is 6.07. The van der Waals surface area contributed by atoms with Gasteiger partial charge in [0.25, 0.3) is 5.91 Å². The van der Waals surface area contributed by atoms with Gasteiger partial charge < -0.3 is 11.1 Å². The topological polar surface area (TPSA) is 128 Å². The molecule has 0 fully saturated rings. The molecule has 0 saturated carbocycles. The zero-order valence-corrected chi connectivity index (χ0v) is 14.5. The molecule has 28 heavy (non-hydrogen) atoms. The van der Waals surface area contributed by atoms with E-state index in [0.717, 1.165) is 12.1 Å². The molecule has 3 aromatic rings. The maximum absolute atomic E-state index is 13.5. The molecule has 1 heterocycles. The highest BCUT2D eigenvalue weighted by atomic mass is 19.1. The van der Waals surface area contributed by atoms with Crippen LogP contribution in [-0.4, -0.2) is 27.8 Å². The van der Waals surface area contributed by atoms with Crippen molar-refractivity contribution in [3.63, 3.8) is 0 Å². The molecule has 142 valence electrons. The van der Waals surface area contributed by atoms with Gasteiger partial charge in [-0.05, 0) is 23.8 Å². The van der Waals surface area contributed by atoms with E-state index in [0.29, 0.717) is 16.5 Å². The zero-order valence-electron chi connectivity index (χ0n) is 14.5. The van der Waals surface area contributed by atoms with Gasteiger partial charge in [0.1, 0.15) is 6.04 Å². The van der Waals surface area contributed by atoms with E-state index < -0.39 is 34.3 Å². The van der Waals surface area contributed by atoms with Gasteiger partial charge in [-0.3, -0.25) is 24.7 Å². The van der Waals surface area contributed by atoms with E-state index in [4.69, 9.17) is 5.73 Å². The summed E-state index contributed by atoms with van der Waals surface area (Å²) < 4.78 is 13.5. The Morgan fingerprint density at radius 1 is 1.21 bits per heavy atom. The summed E-state index contributed by atoms with van der Waals surface area (Å²) in [6, 6.07) is 10.6. The van der Waals surface area contributed by atoms with Crippen LogP contribution in [-0.2, 0) is 11.2 Å². The molecule has 0 aliphatic rings. The molecule has 0 spiro atoms. The number of aromatic nitrogens is 1. The normalized spacial score (nSPS) is 11.8. The number of amides is 2. The van der Waals surface area contributed by atoms with Gasteiger partial charge >= 0.3 is 5.69 Å². The molecular weight excluding hydrogens is 367 g/mol.